The van der Waals surface area contributed by atoms with E-state index in [1.807, 2.05) is 0 Å². The van der Waals surface area contributed by atoms with Crippen molar-refractivity contribution >= 4 is 0 Å². The van der Waals surface area contributed by atoms with Gasteiger partial charge in [-0.2, -0.15) is 18.3 Å². The predicted molar refractivity (Wildman–Crippen MR) is 46.8 cm³/mol. The molecule has 0 atom stereocenters. The molecule has 0 bridgehead atoms. The highest BCUT2D eigenvalue weighted by Crippen LogP contribution is 2.27. The molecule has 0 saturated carbocycles. The number of nitrogens with zero attached hydrogens (tertiary/aromatic N) is 2. The average Bonchev–Trinajstić information content (AvgIpc) is 2.67. The second-order valence-corrected chi connectivity index (χ2v) is 3.01. The lowest BCUT2D eigenvalue weighted by atomic mass is 10.2. The second-order valence-electron chi connectivity index (χ2n) is 3.01. The van der Waals surface area contributed by atoms with E-state index in [2.05, 4.69) is 10.1 Å². The van der Waals surface area contributed by atoms with Crippen LogP contribution in [0.15, 0.2) is 24.3 Å². The van der Waals surface area contributed by atoms with Crippen LogP contribution in [0.5, 0.6) is 0 Å². The molecule has 16 heavy (non-hydrogen) atoms. The summed E-state index contributed by atoms with van der Waals surface area (Å²) in [5, 5.41) is 5.18. The highest BCUT2D eigenvalue weighted by molar-refractivity contribution is 5.54. The molecule has 0 aliphatic carbocycles. The second kappa shape index (κ2) is 3.58. The number of aromatic nitrogens is 3. The summed E-state index contributed by atoms with van der Waals surface area (Å²) in [5.74, 6) is -1.77. The minimum Gasteiger partial charge on any atom is -0.255 e. The van der Waals surface area contributed by atoms with Crippen molar-refractivity contribution in [2.75, 3.05) is 0 Å². The Balaban J connectivity index is 2.35. The summed E-state index contributed by atoms with van der Waals surface area (Å²) >= 11 is 0. The van der Waals surface area contributed by atoms with Gasteiger partial charge in [-0.3, -0.25) is 5.10 Å². The molecule has 1 heterocycles. The van der Waals surface area contributed by atoms with E-state index in [1.165, 1.54) is 12.1 Å². The van der Waals surface area contributed by atoms with Crippen molar-refractivity contribution in [3.63, 3.8) is 0 Å². The van der Waals surface area contributed by atoms with Crippen molar-refractivity contribution in [3.05, 3.63) is 35.9 Å². The van der Waals surface area contributed by atoms with Crippen LogP contribution in [0.25, 0.3) is 11.4 Å². The van der Waals surface area contributed by atoms with Crippen LogP contribution in [0.2, 0.25) is 0 Å². The van der Waals surface area contributed by atoms with Gasteiger partial charge in [0.2, 0.25) is 5.82 Å². The van der Waals surface area contributed by atoms with Gasteiger partial charge in [0.1, 0.15) is 5.82 Å². The minimum atomic E-state index is -4.56. The zero-order valence-corrected chi connectivity index (χ0v) is 7.72. The summed E-state index contributed by atoms with van der Waals surface area (Å²) in [6.07, 6.45) is -4.56. The Morgan fingerprint density at radius 2 is 1.69 bits per heavy atom. The topological polar surface area (TPSA) is 41.6 Å². The molecule has 84 valence electrons. The molecule has 0 aliphatic rings. The van der Waals surface area contributed by atoms with Gasteiger partial charge in [-0.05, 0) is 24.3 Å². The number of nitrogens with one attached hydrogen (secondary N) is 1. The lowest BCUT2D eigenvalue weighted by Crippen LogP contribution is -2.07. The fourth-order valence-corrected chi connectivity index (χ4v) is 1.12. The van der Waals surface area contributed by atoms with Crippen LogP contribution >= 0.6 is 0 Å². The molecule has 1 aromatic heterocycles. The highest BCUT2D eigenvalue weighted by Gasteiger charge is 2.35. The number of alkyl halides is 3. The smallest absolute Gasteiger partial charge is 0.255 e. The molecule has 0 radical (unpaired) electrons. The van der Waals surface area contributed by atoms with Gasteiger partial charge in [0.25, 0.3) is 0 Å². The third kappa shape index (κ3) is 2.02. The fraction of sp³-hybridized carbons (Fsp3) is 0.111. The predicted octanol–water partition coefficient (Wildman–Crippen LogP) is 2.63. The Labute approximate surface area is 87.1 Å². The number of benzene rings is 1. The molecule has 0 saturated heterocycles. The Bertz CT molecular complexity index is 486. The van der Waals surface area contributed by atoms with E-state index in [-0.39, 0.29) is 5.82 Å². The Hall–Kier alpha value is -1.92. The van der Waals surface area contributed by atoms with Gasteiger partial charge >= 0.3 is 6.18 Å². The fourth-order valence-electron chi connectivity index (χ4n) is 1.12. The van der Waals surface area contributed by atoms with Crippen molar-refractivity contribution in [1.82, 2.24) is 15.2 Å². The van der Waals surface area contributed by atoms with Crippen LogP contribution in [-0.2, 0) is 6.18 Å². The van der Waals surface area contributed by atoms with E-state index in [1.54, 1.807) is 5.10 Å². The Kier molecular flexibility index (Phi) is 2.37. The van der Waals surface area contributed by atoms with Crippen LogP contribution in [-0.4, -0.2) is 15.2 Å². The first kappa shape index (κ1) is 10.6. The highest BCUT2D eigenvalue weighted by atomic mass is 19.4. The average molecular weight is 231 g/mol. The van der Waals surface area contributed by atoms with Crippen LogP contribution in [0.4, 0.5) is 17.6 Å². The van der Waals surface area contributed by atoms with E-state index >= 15 is 0 Å². The maximum absolute atomic E-state index is 12.6. The first-order chi connectivity index (χ1) is 7.47. The van der Waals surface area contributed by atoms with E-state index in [0.29, 0.717) is 5.56 Å². The Morgan fingerprint density at radius 1 is 1.06 bits per heavy atom. The van der Waals surface area contributed by atoms with E-state index in [9.17, 15) is 17.6 Å². The lowest BCUT2D eigenvalue weighted by molar-refractivity contribution is -0.144. The number of H-pyrrole nitrogens is 1. The van der Waals surface area contributed by atoms with Gasteiger partial charge in [-0.15, -0.1) is 0 Å². The largest absolute Gasteiger partial charge is 0.451 e. The Morgan fingerprint density at radius 3 is 2.19 bits per heavy atom. The van der Waals surface area contributed by atoms with Gasteiger partial charge < -0.3 is 0 Å². The normalized spacial score (nSPS) is 11.8. The van der Waals surface area contributed by atoms with Crippen LogP contribution < -0.4 is 0 Å². The van der Waals surface area contributed by atoms with Gasteiger partial charge in [0, 0.05) is 5.56 Å². The molecule has 3 nitrogen and oxygen atoms in total. The standard InChI is InChI=1S/C9H5F4N3/c10-6-3-1-5(2-4-6)7-14-8(16-15-7)9(11,12)13/h1-4H,(H,14,15,16). The molecule has 0 amide bonds. The van der Waals surface area contributed by atoms with Crippen molar-refractivity contribution in [2.24, 2.45) is 0 Å². The molecule has 1 aromatic carbocycles. The molecule has 2 aromatic rings. The summed E-state index contributed by atoms with van der Waals surface area (Å²) < 4.78 is 49.1. The van der Waals surface area contributed by atoms with Gasteiger partial charge in [0.15, 0.2) is 5.82 Å². The molecule has 0 aliphatic heterocycles. The van der Waals surface area contributed by atoms with Crippen molar-refractivity contribution in [2.45, 2.75) is 6.18 Å². The molecular formula is C9H5F4N3. The molecular weight excluding hydrogens is 226 g/mol. The summed E-state index contributed by atoms with van der Waals surface area (Å²) in [6.45, 7) is 0. The minimum absolute atomic E-state index is 0.118. The molecule has 2 rings (SSSR count). The molecule has 1 N–H and O–H groups in total. The number of hydrogen-bond acceptors (Lipinski definition) is 2. The number of rotatable bonds is 1. The third-order valence-corrected chi connectivity index (χ3v) is 1.86. The van der Waals surface area contributed by atoms with Crippen LogP contribution in [0.1, 0.15) is 5.82 Å². The lowest BCUT2D eigenvalue weighted by Gasteiger charge is -1.98. The summed E-state index contributed by atoms with van der Waals surface area (Å²) in [5.41, 5.74) is 0.313. The summed E-state index contributed by atoms with van der Waals surface area (Å²) in [4.78, 5) is 3.27. The molecule has 0 spiro atoms. The monoisotopic (exact) mass is 231 g/mol. The van der Waals surface area contributed by atoms with E-state index in [0.717, 1.165) is 12.1 Å². The number of halogens is 4. The van der Waals surface area contributed by atoms with E-state index in [4.69, 9.17) is 0 Å². The van der Waals surface area contributed by atoms with Crippen molar-refractivity contribution in [3.8, 4) is 11.4 Å². The van der Waals surface area contributed by atoms with Gasteiger partial charge in [0.05, 0.1) is 0 Å². The van der Waals surface area contributed by atoms with Crippen LogP contribution in [0, 0.1) is 5.82 Å². The van der Waals surface area contributed by atoms with Crippen molar-refractivity contribution in [1.29, 1.82) is 0 Å². The maximum atomic E-state index is 12.6. The maximum Gasteiger partial charge on any atom is 0.451 e. The van der Waals surface area contributed by atoms with Crippen molar-refractivity contribution < 1.29 is 17.6 Å². The third-order valence-electron chi connectivity index (χ3n) is 1.86. The van der Waals surface area contributed by atoms with Crippen LogP contribution in [0.3, 0.4) is 0 Å². The SMILES string of the molecule is Fc1ccc(-c2n[nH]c(C(F)(F)F)n2)cc1. The number of aromatic amines is 1. The summed E-state index contributed by atoms with van der Waals surface area (Å²) in [6, 6.07) is 4.86. The molecule has 0 fully saturated rings. The zero-order valence-electron chi connectivity index (χ0n) is 7.72. The van der Waals surface area contributed by atoms with Gasteiger partial charge in [-0.25, -0.2) is 9.37 Å². The molecule has 7 heteroatoms. The number of hydrogen-bond donors (Lipinski definition) is 1. The zero-order chi connectivity index (χ0) is 11.8. The first-order valence-electron chi connectivity index (χ1n) is 4.22. The van der Waals surface area contributed by atoms with Gasteiger partial charge in [-0.1, -0.05) is 0 Å². The summed E-state index contributed by atoms with van der Waals surface area (Å²) in [7, 11) is 0. The van der Waals surface area contributed by atoms with E-state index < -0.39 is 17.8 Å². The molecule has 0 unspecified atom stereocenters. The quantitative estimate of drug-likeness (QED) is 0.766. The first-order valence-corrected chi connectivity index (χ1v) is 4.22.